The van der Waals surface area contributed by atoms with E-state index in [0.29, 0.717) is 12.1 Å². The van der Waals surface area contributed by atoms with Crippen molar-refractivity contribution in [3.63, 3.8) is 0 Å². The molecule has 3 heterocycles. The summed E-state index contributed by atoms with van der Waals surface area (Å²) >= 11 is 1.72. The van der Waals surface area contributed by atoms with Crippen molar-refractivity contribution in [2.75, 3.05) is 0 Å². The SMILES string of the molecule is O=C(N[C@H]1C[C@H]2CC[C@H]1O2)N(Cc1cccs1)C1CC1. The van der Waals surface area contributed by atoms with Gasteiger partial charge in [0.15, 0.2) is 0 Å². The van der Waals surface area contributed by atoms with Gasteiger partial charge in [-0.2, -0.15) is 0 Å². The van der Waals surface area contributed by atoms with E-state index in [1.54, 1.807) is 11.3 Å². The van der Waals surface area contributed by atoms with E-state index in [-0.39, 0.29) is 18.2 Å². The number of carbonyl (C=O) groups excluding carboxylic acids is 1. The number of thiophene rings is 1. The van der Waals surface area contributed by atoms with Gasteiger partial charge in [-0.15, -0.1) is 11.3 Å². The molecule has 3 fully saturated rings. The molecule has 108 valence electrons. The molecule has 2 aliphatic heterocycles. The molecule has 1 N–H and O–H groups in total. The summed E-state index contributed by atoms with van der Waals surface area (Å²) in [6.45, 7) is 0.746. The Morgan fingerprint density at radius 1 is 1.40 bits per heavy atom. The van der Waals surface area contributed by atoms with Crippen LogP contribution in [0, 0.1) is 0 Å². The number of fused-ring (bicyclic) bond motifs is 2. The lowest BCUT2D eigenvalue weighted by Gasteiger charge is -2.27. The normalized spacial score (nSPS) is 31.5. The van der Waals surface area contributed by atoms with Crippen molar-refractivity contribution >= 4 is 17.4 Å². The van der Waals surface area contributed by atoms with Crippen LogP contribution in [-0.2, 0) is 11.3 Å². The first kappa shape index (κ1) is 12.7. The Morgan fingerprint density at radius 3 is 2.90 bits per heavy atom. The second kappa shape index (κ2) is 5.04. The van der Waals surface area contributed by atoms with Crippen LogP contribution in [0.5, 0.6) is 0 Å². The maximum absolute atomic E-state index is 12.5. The van der Waals surface area contributed by atoms with Crippen molar-refractivity contribution < 1.29 is 9.53 Å². The van der Waals surface area contributed by atoms with Crippen LogP contribution in [-0.4, -0.2) is 35.2 Å². The number of carbonyl (C=O) groups is 1. The predicted octanol–water partition coefficient (Wildman–Crippen LogP) is 2.74. The number of nitrogens with one attached hydrogen (secondary N) is 1. The molecular formula is C15H20N2O2S. The van der Waals surface area contributed by atoms with E-state index in [2.05, 4.69) is 16.8 Å². The van der Waals surface area contributed by atoms with Crippen molar-refractivity contribution in [1.82, 2.24) is 10.2 Å². The molecule has 0 spiro atoms. The lowest BCUT2D eigenvalue weighted by molar-refractivity contribution is 0.0968. The van der Waals surface area contributed by atoms with E-state index >= 15 is 0 Å². The smallest absolute Gasteiger partial charge is 0.318 e. The zero-order valence-electron chi connectivity index (χ0n) is 11.5. The standard InChI is InChI=1S/C15H20N2O2S/c18-15(16-13-8-11-5-6-14(13)19-11)17(10-3-4-10)9-12-2-1-7-20-12/h1-2,7,10-11,13-14H,3-6,8-9H2,(H,16,18)/t11-,13+,14-/m1/s1. The van der Waals surface area contributed by atoms with Crippen LogP contribution in [0.15, 0.2) is 17.5 Å². The molecule has 1 aromatic heterocycles. The second-order valence-electron chi connectivity index (χ2n) is 6.10. The van der Waals surface area contributed by atoms with E-state index in [0.717, 1.165) is 32.2 Å². The zero-order valence-corrected chi connectivity index (χ0v) is 12.3. The molecule has 2 bridgehead atoms. The number of amides is 2. The Hall–Kier alpha value is -1.07. The largest absolute Gasteiger partial charge is 0.373 e. The minimum absolute atomic E-state index is 0.0991. The first-order chi connectivity index (χ1) is 9.79. The van der Waals surface area contributed by atoms with Crippen LogP contribution in [0.3, 0.4) is 0 Å². The highest BCUT2D eigenvalue weighted by molar-refractivity contribution is 7.09. The molecule has 2 saturated heterocycles. The molecule has 3 atom stereocenters. The van der Waals surface area contributed by atoms with Crippen molar-refractivity contribution in [2.45, 2.75) is 62.9 Å². The molecular weight excluding hydrogens is 272 g/mol. The van der Waals surface area contributed by atoms with Gasteiger partial charge in [0.25, 0.3) is 0 Å². The van der Waals surface area contributed by atoms with Crippen LogP contribution in [0.4, 0.5) is 4.79 Å². The highest BCUT2D eigenvalue weighted by atomic mass is 32.1. The van der Waals surface area contributed by atoms with Gasteiger partial charge in [-0.3, -0.25) is 0 Å². The monoisotopic (exact) mass is 292 g/mol. The lowest BCUT2D eigenvalue weighted by atomic mass is 9.96. The average molecular weight is 292 g/mol. The number of nitrogens with zero attached hydrogens (tertiary/aromatic N) is 1. The van der Waals surface area contributed by atoms with Gasteiger partial charge in [0.1, 0.15) is 0 Å². The van der Waals surface area contributed by atoms with E-state index in [1.165, 1.54) is 11.3 Å². The summed E-state index contributed by atoms with van der Waals surface area (Å²) in [6, 6.07) is 4.92. The Kier molecular flexibility index (Phi) is 3.19. The lowest BCUT2D eigenvalue weighted by Crippen LogP contribution is -2.48. The molecule has 1 aliphatic carbocycles. The van der Waals surface area contributed by atoms with Gasteiger partial charge in [0.05, 0.1) is 24.8 Å². The van der Waals surface area contributed by atoms with Crippen molar-refractivity contribution in [2.24, 2.45) is 0 Å². The highest BCUT2D eigenvalue weighted by Crippen LogP contribution is 2.35. The maximum atomic E-state index is 12.5. The van der Waals surface area contributed by atoms with Crippen LogP contribution in [0.25, 0.3) is 0 Å². The Bertz CT molecular complexity index is 486. The number of hydrogen-bond donors (Lipinski definition) is 1. The predicted molar refractivity (Wildman–Crippen MR) is 77.7 cm³/mol. The van der Waals surface area contributed by atoms with Crippen LogP contribution in [0.2, 0.25) is 0 Å². The second-order valence-corrected chi connectivity index (χ2v) is 7.14. The van der Waals surface area contributed by atoms with Gasteiger partial charge < -0.3 is 15.0 Å². The third-order valence-electron chi connectivity index (χ3n) is 4.57. The van der Waals surface area contributed by atoms with Gasteiger partial charge in [-0.05, 0) is 43.6 Å². The summed E-state index contributed by atoms with van der Waals surface area (Å²) in [7, 11) is 0. The van der Waals surface area contributed by atoms with Crippen molar-refractivity contribution in [3.8, 4) is 0 Å². The Morgan fingerprint density at radius 2 is 2.30 bits per heavy atom. The van der Waals surface area contributed by atoms with E-state index in [1.807, 2.05) is 11.0 Å². The molecule has 20 heavy (non-hydrogen) atoms. The minimum atomic E-state index is 0.0991. The molecule has 4 nitrogen and oxygen atoms in total. The van der Waals surface area contributed by atoms with Crippen LogP contribution < -0.4 is 5.32 Å². The summed E-state index contributed by atoms with van der Waals surface area (Å²) in [5.41, 5.74) is 0. The molecule has 2 amide bonds. The summed E-state index contributed by atoms with van der Waals surface area (Å²) in [5.74, 6) is 0. The van der Waals surface area contributed by atoms with Gasteiger partial charge in [0, 0.05) is 10.9 Å². The van der Waals surface area contributed by atoms with Crippen LogP contribution in [0.1, 0.15) is 37.0 Å². The van der Waals surface area contributed by atoms with E-state index < -0.39 is 0 Å². The average Bonchev–Trinajstić information content (AvgIpc) is 2.89. The molecule has 0 unspecified atom stereocenters. The van der Waals surface area contributed by atoms with E-state index in [4.69, 9.17) is 4.74 Å². The topological polar surface area (TPSA) is 41.6 Å². The fourth-order valence-corrected chi connectivity index (χ4v) is 4.06. The van der Waals surface area contributed by atoms with Crippen molar-refractivity contribution in [3.05, 3.63) is 22.4 Å². The first-order valence-corrected chi connectivity index (χ1v) is 8.42. The summed E-state index contributed by atoms with van der Waals surface area (Å²) in [4.78, 5) is 15.8. The molecule has 1 aromatic rings. The first-order valence-electron chi connectivity index (χ1n) is 7.54. The summed E-state index contributed by atoms with van der Waals surface area (Å²) in [6.07, 6.45) is 6.19. The van der Waals surface area contributed by atoms with Crippen molar-refractivity contribution in [1.29, 1.82) is 0 Å². The summed E-state index contributed by atoms with van der Waals surface area (Å²) in [5, 5.41) is 5.28. The van der Waals surface area contributed by atoms with Gasteiger partial charge >= 0.3 is 6.03 Å². The minimum Gasteiger partial charge on any atom is -0.373 e. The fraction of sp³-hybridized carbons (Fsp3) is 0.667. The third-order valence-corrected chi connectivity index (χ3v) is 5.43. The molecule has 4 rings (SSSR count). The van der Waals surface area contributed by atoms with Gasteiger partial charge in [-0.25, -0.2) is 4.79 Å². The molecule has 0 radical (unpaired) electrons. The molecule has 0 aromatic carbocycles. The number of ether oxygens (including phenoxy) is 1. The zero-order chi connectivity index (χ0) is 13.5. The van der Waals surface area contributed by atoms with Crippen LogP contribution >= 0.6 is 11.3 Å². The maximum Gasteiger partial charge on any atom is 0.318 e. The summed E-state index contributed by atoms with van der Waals surface area (Å²) < 4.78 is 5.82. The van der Waals surface area contributed by atoms with Gasteiger partial charge in [-0.1, -0.05) is 6.07 Å². The quantitative estimate of drug-likeness (QED) is 0.927. The number of hydrogen-bond acceptors (Lipinski definition) is 3. The Labute approximate surface area is 123 Å². The Balaban J connectivity index is 1.40. The fourth-order valence-electron chi connectivity index (χ4n) is 3.35. The third kappa shape index (κ3) is 2.44. The number of urea groups is 1. The van der Waals surface area contributed by atoms with E-state index in [9.17, 15) is 4.79 Å². The van der Waals surface area contributed by atoms with Gasteiger partial charge in [0.2, 0.25) is 0 Å². The highest BCUT2D eigenvalue weighted by Gasteiger charge is 2.43. The number of rotatable bonds is 4. The molecule has 3 aliphatic rings. The molecule has 5 heteroatoms. The molecule has 1 saturated carbocycles.